The standard InChI is InChI=1S/C18H18F3N5O2/c19-18(20,21)14-10-12(13-8-5-9-28-13)23-17-24-15(25-26(14)17)16(27)22-11-6-3-1-2-4-7-11/h5,8-11H,1-4,6-7H2,(H,22,27). The van der Waals surface area contributed by atoms with E-state index in [1.165, 1.54) is 12.3 Å². The predicted octanol–water partition coefficient (Wildman–Crippen LogP) is 3.86. The van der Waals surface area contributed by atoms with Crippen LogP contribution >= 0.6 is 0 Å². The SMILES string of the molecule is O=C(NC1CCCCCC1)c1nc2nc(-c3ccco3)cc(C(F)(F)F)n2n1. The minimum absolute atomic E-state index is 0.0182. The monoisotopic (exact) mass is 393 g/mol. The molecule has 28 heavy (non-hydrogen) atoms. The Labute approximate surface area is 158 Å². The summed E-state index contributed by atoms with van der Waals surface area (Å²) in [5.74, 6) is -1.07. The van der Waals surface area contributed by atoms with E-state index in [9.17, 15) is 18.0 Å². The molecular formula is C18H18F3N5O2. The van der Waals surface area contributed by atoms with Crippen molar-refractivity contribution in [1.29, 1.82) is 0 Å². The lowest BCUT2D eigenvalue weighted by atomic mass is 10.1. The predicted molar refractivity (Wildman–Crippen MR) is 92.4 cm³/mol. The molecule has 1 amide bonds. The summed E-state index contributed by atoms with van der Waals surface area (Å²) in [5.41, 5.74) is -1.11. The van der Waals surface area contributed by atoms with Crippen LogP contribution in [0.1, 0.15) is 54.8 Å². The lowest BCUT2D eigenvalue weighted by Gasteiger charge is -2.14. The van der Waals surface area contributed by atoms with Gasteiger partial charge in [-0.15, -0.1) is 5.10 Å². The summed E-state index contributed by atoms with van der Waals surface area (Å²) in [6, 6.07) is 3.85. The van der Waals surface area contributed by atoms with Gasteiger partial charge in [0.15, 0.2) is 11.5 Å². The molecule has 1 N–H and O–H groups in total. The summed E-state index contributed by atoms with van der Waals surface area (Å²) in [6.07, 6.45) is 2.57. The molecule has 0 radical (unpaired) electrons. The molecule has 10 heteroatoms. The van der Waals surface area contributed by atoms with Crippen molar-refractivity contribution in [1.82, 2.24) is 24.9 Å². The van der Waals surface area contributed by atoms with E-state index < -0.39 is 17.8 Å². The molecule has 4 rings (SSSR count). The lowest BCUT2D eigenvalue weighted by molar-refractivity contribution is -0.142. The highest BCUT2D eigenvalue weighted by Crippen LogP contribution is 2.32. The van der Waals surface area contributed by atoms with E-state index in [4.69, 9.17) is 4.42 Å². The second-order valence-corrected chi connectivity index (χ2v) is 6.81. The molecule has 1 aliphatic carbocycles. The van der Waals surface area contributed by atoms with Crippen LogP contribution in [-0.4, -0.2) is 31.5 Å². The highest BCUT2D eigenvalue weighted by Gasteiger charge is 2.36. The number of alkyl halides is 3. The van der Waals surface area contributed by atoms with Gasteiger partial charge in [-0.25, -0.2) is 4.98 Å². The van der Waals surface area contributed by atoms with Gasteiger partial charge in [-0.05, 0) is 31.0 Å². The van der Waals surface area contributed by atoms with Crippen molar-refractivity contribution >= 4 is 11.7 Å². The second kappa shape index (κ2) is 7.25. The molecule has 0 aromatic carbocycles. The van der Waals surface area contributed by atoms with Gasteiger partial charge >= 0.3 is 6.18 Å². The molecule has 3 aromatic rings. The fourth-order valence-electron chi connectivity index (χ4n) is 3.39. The van der Waals surface area contributed by atoms with Crippen LogP contribution < -0.4 is 5.32 Å². The third-order valence-corrected chi connectivity index (χ3v) is 4.77. The molecule has 0 bridgehead atoms. The van der Waals surface area contributed by atoms with E-state index in [0.29, 0.717) is 4.52 Å². The van der Waals surface area contributed by atoms with E-state index >= 15 is 0 Å². The Bertz CT molecular complexity index is 973. The Morgan fingerprint density at radius 1 is 1.18 bits per heavy atom. The van der Waals surface area contributed by atoms with Crippen LogP contribution in [-0.2, 0) is 6.18 Å². The van der Waals surface area contributed by atoms with Crippen LogP contribution in [0.4, 0.5) is 13.2 Å². The number of carbonyl (C=O) groups excluding carboxylic acids is 1. The zero-order valence-corrected chi connectivity index (χ0v) is 14.9. The Hall–Kier alpha value is -2.91. The molecule has 3 heterocycles. The summed E-state index contributed by atoms with van der Waals surface area (Å²) in [4.78, 5) is 20.5. The molecule has 0 atom stereocenters. The highest BCUT2D eigenvalue weighted by atomic mass is 19.4. The molecule has 0 spiro atoms. The number of halogens is 3. The van der Waals surface area contributed by atoms with Crippen LogP contribution in [0.2, 0.25) is 0 Å². The largest absolute Gasteiger partial charge is 0.463 e. The molecule has 0 unspecified atom stereocenters. The van der Waals surface area contributed by atoms with Gasteiger partial charge in [-0.1, -0.05) is 25.7 Å². The molecule has 1 fully saturated rings. The van der Waals surface area contributed by atoms with Crippen molar-refractivity contribution < 1.29 is 22.4 Å². The average molecular weight is 393 g/mol. The minimum atomic E-state index is -4.70. The van der Waals surface area contributed by atoms with Gasteiger partial charge in [0.2, 0.25) is 5.82 Å². The average Bonchev–Trinajstić information content (AvgIpc) is 3.26. The summed E-state index contributed by atoms with van der Waals surface area (Å²) in [6.45, 7) is 0. The van der Waals surface area contributed by atoms with E-state index in [1.807, 2.05) is 0 Å². The van der Waals surface area contributed by atoms with Gasteiger partial charge in [0.25, 0.3) is 11.7 Å². The Morgan fingerprint density at radius 3 is 2.57 bits per heavy atom. The summed E-state index contributed by atoms with van der Waals surface area (Å²) < 4.78 is 46.2. The fraction of sp³-hybridized carbons (Fsp3) is 0.444. The van der Waals surface area contributed by atoms with Crippen LogP contribution in [0.15, 0.2) is 28.9 Å². The maximum absolute atomic E-state index is 13.5. The second-order valence-electron chi connectivity index (χ2n) is 6.81. The van der Waals surface area contributed by atoms with Gasteiger partial charge in [-0.2, -0.15) is 22.7 Å². The number of nitrogens with one attached hydrogen (secondary N) is 1. The van der Waals surface area contributed by atoms with Crippen LogP contribution in [0.25, 0.3) is 17.2 Å². The molecule has 0 saturated heterocycles. The first kappa shape index (κ1) is 18.5. The first-order valence-electron chi connectivity index (χ1n) is 9.11. The molecule has 0 aliphatic heterocycles. The third-order valence-electron chi connectivity index (χ3n) is 4.77. The van der Waals surface area contributed by atoms with Crippen molar-refractivity contribution in [2.24, 2.45) is 0 Å². The lowest BCUT2D eigenvalue weighted by Crippen LogP contribution is -2.35. The molecule has 1 saturated carbocycles. The topological polar surface area (TPSA) is 85.3 Å². The Balaban J connectivity index is 1.70. The summed E-state index contributed by atoms with van der Waals surface area (Å²) in [5, 5.41) is 6.60. The molecular weight excluding hydrogens is 375 g/mol. The number of hydrogen-bond donors (Lipinski definition) is 1. The normalized spacial score (nSPS) is 16.2. The molecule has 3 aromatic heterocycles. The third kappa shape index (κ3) is 3.71. The number of amides is 1. The van der Waals surface area contributed by atoms with Crippen LogP contribution in [0.3, 0.4) is 0 Å². The van der Waals surface area contributed by atoms with Crippen molar-refractivity contribution in [3.63, 3.8) is 0 Å². The number of furan rings is 1. The maximum atomic E-state index is 13.5. The Kier molecular flexibility index (Phi) is 4.78. The number of carbonyl (C=O) groups is 1. The number of nitrogens with zero attached hydrogens (tertiary/aromatic N) is 4. The number of rotatable bonds is 3. The van der Waals surface area contributed by atoms with Gasteiger partial charge in [0.1, 0.15) is 5.69 Å². The van der Waals surface area contributed by atoms with E-state index in [0.717, 1.165) is 44.6 Å². The number of hydrogen-bond acceptors (Lipinski definition) is 5. The van der Waals surface area contributed by atoms with E-state index in [1.54, 1.807) is 6.07 Å². The zero-order valence-electron chi connectivity index (χ0n) is 14.9. The van der Waals surface area contributed by atoms with Crippen molar-refractivity contribution in [3.05, 3.63) is 36.0 Å². The van der Waals surface area contributed by atoms with Gasteiger partial charge in [0.05, 0.1) is 6.26 Å². The summed E-state index contributed by atoms with van der Waals surface area (Å²) in [7, 11) is 0. The quantitative estimate of drug-likeness (QED) is 0.683. The van der Waals surface area contributed by atoms with Crippen molar-refractivity contribution in [2.75, 3.05) is 0 Å². The van der Waals surface area contributed by atoms with E-state index in [2.05, 4.69) is 20.4 Å². The van der Waals surface area contributed by atoms with Crippen LogP contribution in [0, 0.1) is 0 Å². The van der Waals surface area contributed by atoms with Crippen LogP contribution in [0.5, 0.6) is 0 Å². The molecule has 7 nitrogen and oxygen atoms in total. The van der Waals surface area contributed by atoms with Gasteiger partial charge in [0, 0.05) is 6.04 Å². The fourth-order valence-corrected chi connectivity index (χ4v) is 3.39. The number of fused-ring (bicyclic) bond motifs is 1. The van der Waals surface area contributed by atoms with Crippen molar-refractivity contribution in [3.8, 4) is 11.5 Å². The first-order valence-corrected chi connectivity index (χ1v) is 9.11. The number of aromatic nitrogens is 4. The molecule has 148 valence electrons. The van der Waals surface area contributed by atoms with Gasteiger partial charge in [-0.3, -0.25) is 4.79 Å². The maximum Gasteiger partial charge on any atom is 0.433 e. The minimum Gasteiger partial charge on any atom is -0.463 e. The highest BCUT2D eigenvalue weighted by molar-refractivity contribution is 5.91. The van der Waals surface area contributed by atoms with E-state index in [-0.39, 0.29) is 29.1 Å². The van der Waals surface area contributed by atoms with Gasteiger partial charge < -0.3 is 9.73 Å². The smallest absolute Gasteiger partial charge is 0.433 e. The zero-order chi connectivity index (χ0) is 19.7. The first-order chi connectivity index (χ1) is 13.4. The Morgan fingerprint density at radius 2 is 1.93 bits per heavy atom. The van der Waals surface area contributed by atoms with Crippen molar-refractivity contribution in [2.45, 2.75) is 50.7 Å². The summed E-state index contributed by atoms with van der Waals surface area (Å²) >= 11 is 0. The molecule has 1 aliphatic rings.